The molecule has 1 aromatic heterocycles. The smallest absolute Gasteiger partial charge is 0.226 e. The van der Waals surface area contributed by atoms with Gasteiger partial charge in [0.15, 0.2) is 11.6 Å². The number of halogens is 1. The number of aryl methyl sites for hydroxylation is 1. The van der Waals surface area contributed by atoms with Crippen LogP contribution < -0.4 is 4.74 Å². The zero-order valence-corrected chi connectivity index (χ0v) is 13.1. The van der Waals surface area contributed by atoms with Crippen LogP contribution in [0.2, 0.25) is 0 Å². The van der Waals surface area contributed by atoms with Crippen molar-refractivity contribution >= 4 is 5.91 Å². The molecule has 0 spiro atoms. The second-order valence-corrected chi connectivity index (χ2v) is 5.82. The molecular weight excluding hydrogens is 297 g/mol. The second kappa shape index (κ2) is 6.81. The highest BCUT2D eigenvalue weighted by atomic mass is 19.1. The van der Waals surface area contributed by atoms with E-state index in [1.165, 1.54) is 6.07 Å². The molecule has 1 amide bonds. The van der Waals surface area contributed by atoms with Gasteiger partial charge < -0.3 is 9.64 Å². The molecule has 0 unspecified atom stereocenters. The highest BCUT2D eigenvalue weighted by Gasteiger charge is 2.28. The molecule has 0 radical (unpaired) electrons. The molecule has 6 heteroatoms. The number of ether oxygens (including phenoxy) is 1. The van der Waals surface area contributed by atoms with Crippen LogP contribution in [-0.4, -0.2) is 40.7 Å². The number of aromatic amines is 1. The lowest BCUT2D eigenvalue weighted by Crippen LogP contribution is -2.29. The predicted octanol–water partition coefficient (Wildman–Crippen LogP) is 2.64. The summed E-state index contributed by atoms with van der Waals surface area (Å²) in [5.74, 6) is 0.138. The maximum Gasteiger partial charge on any atom is 0.226 e. The Balaban J connectivity index is 1.48. The van der Waals surface area contributed by atoms with Gasteiger partial charge in [-0.2, -0.15) is 5.10 Å². The monoisotopic (exact) mass is 317 g/mol. The number of carbonyl (C=O) groups is 1. The van der Waals surface area contributed by atoms with Gasteiger partial charge in [-0.05, 0) is 31.0 Å². The molecular formula is C17H20FN3O2. The van der Waals surface area contributed by atoms with Gasteiger partial charge >= 0.3 is 0 Å². The van der Waals surface area contributed by atoms with E-state index < -0.39 is 5.82 Å². The van der Waals surface area contributed by atoms with E-state index >= 15 is 0 Å². The minimum Gasteiger partial charge on any atom is -0.490 e. The number of benzene rings is 1. The van der Waals surface area contributed by atoms with Gasteiger partial charge in [0.1, 0.15) is 0 Å². The summed E-state index contributed by atoms with van der Waals surface area (Å²) in [6.07, 6.45) is 2.99. The van der Waals surface area contributed by atoms with Crippen molar-refractivity contribution in [3.8, 4) is 5.75 Å². The highest BCUT2D eigenvalue weighted by Crippen LogP contribution is 2.28. The minimum atomic E-state index is -0.407. The van der Waals surface area contributed by atoms with Crippen LogP contribution in [0.3, 0.4) is 0 Å². The summed E-state index contributed by atoms with van der Waals surface area (Å²) >= 11 is 0. The van der Waals surface area contributed by atoms with E-state index in [-0.39, 0.29) is 24.7 Å². The van der Waals surface area contributed by atoms with Crippen LogP contribution in [0.1, 0.15) is 30.0 Å². The fourth-order valence-electron chi connectivity index (χ4n) is 2.96. The molecule has 1 fully saturated rings. The number of hydrogen-bond donors (Lipinski definition) is 1. The normalized spacial score (nSPS) is 17.5. The third kappa shape index (κ3) is 3.52. The van der Waals surface area contributed by atoms with Crippen LogP contribution in [0.25, 0.3) is 0 Å². The molecule has 0 bridgehead atoms. The van der Waals surface area contributed by atoms with Gasteiger partial charge in [-0.3, -0.25) is 9.89 Å². The largest absolute Gasteiger partial charge is 0.490 e. The summed E-state index contributed by atoms with van der Waals surface area (Å²) in [5, 5.41) is 7.07. The average Bonchev–Trinajstić information content (AvgIpc) is 3.17. The lowest BCUT2D eigenvalue weighted by atomic mass is 10.0. The van der Waals surface area contributed by atoms with E-state index in [1.807, 2.05) is 18.0 Å². The molecule has 1 aromatic carbocycles. The van der Waals surface area contributed by atoms with Gasteiger partial charge in [0, 0.05) is 24.7 Å². The van der Waals surface area contributed by atoms with Crippen LogP contribution in [0.4, 0.5) is 4.39 Å². The predicted molar refractivity (Wildman–Crippen MR) is 83.8 cm³/mol. The lowest BCUT2D eigenvalue weighted by molar-refractivity contribution is -0.130. The Hall–Kier alpha value is -2.37. The van der Waals surface area contributed by atoms with Crippen molar-refractivity contribution < 1.29 is 13.9 Å². The molecule has 1 aliphatic heterocycles. The van der Waals surface area contributed by atoms with E-state index in [0.717, 1.165) is 24.2 Å². The number of carbonyl (C=O) groups excluding carboxylic acids is 1. The number of amides is 1. The number of rotatable bonds is 5. The Bertz CT molecular complexity index is 686. The van der Waals surface area contributed by atoms with Crippen LogP contribution in [0.15, 0.2) is 30.5 Å². The van der Waals surface area contributed by atoms with E-state index in [0.29, 0.717) is 12.5 Å². The number of hydrogen-bond acceptors (Lipinski definition) is 3. The molecule has 1 saturated heterocycles. The van der Waals surface area contributed by atoms with E-state index in [1.54, 1.807) is 18.2 Å². The molecule has 5 nitrogen and oxygen atoms in total. The van der Waals surface area contributed by atoms with Crippen molar-refractivity contribution in [2.75, 3.05) is 19.7 Å². The molecule has 2 heterocycles. The fourth-order valence-corrected chi connectivity index (χ4v) is 2.96. The van der Waals surface area contributed by atoms with Crippen molar-refractivity contribution in [2.45, 2.75) is 25.7 Å². The molecule has 1 N–H and O–H groups in total. The first-order valence-corrected chi connectivity index (χ1v) is 7.80. The average molecular weight is 317 g/mol. The molecule has 0 aliphatic carbocycles. The number of nitrogens with zero attached hydrogens (tertiary/aromatic N) is 2. The Kier molecular flexibility index (Phi) is 4.60. The van der Waals surface area contributed by atoms with Gasteiger partial charge in [0.05, 0.1) is 19.2 Å². The number of para-hydroxylation sites is 1. The third-order valence-electron chi connectivity index (χ3n) is 4.23. The van der Waals surface area contributed by atoms with Crippen molar-refractivity contribution in [2.24, 2.45) is 0 Å². The quantitative estimate of drug-likeness (QED) is 0.922. The molecule has 122 valence electrons. The van der Waals surface area contributed by atoms with Crippen molar-refractivity contribution in [3.05, 3.63) is 47.5 Å². The van der Waals surface area contributed by atoms with Crippen LogP contribution in [0.5, 0.6) is 5.75 Å². The van der Waals surface area contributed by atoms with Gasteiger partial charge in [-0.1, -0.05) is 12.1 Å². The van der Waals surface area contributed by atoms with E-state index in [2.05, 4.69) is 10.2 Å². The number of H-pyrrole nitrogens is 1. The summed E-state index contributed by atoms with van der Waals surface area (Å²) in [7, 11) is 0. The summed E-state index contributed by atoms with van der Waals surface area (Å²) in [4.78, 5) is 14.1. The summed E-state index contributed by atoms with van der Waals surface area (Å²) in [5.41, 5.74) is 2.25. The lowest BCUT2D eigenvalue weighted by Gasteiger charge is -2.16. The topological polar surface area (TPSA) is 58.2 Å². The summed E-state index contributed by atoms with van der Waals surface area (Å²) in [6.45, 7) is 3.64. The van der Waals surface area contributed by atoms with Crippen LogP contribution in [-0.2, 0) is 4.79 Å². The van der Waals surface area contributed by atoms with E-state index in [9.17, 15) is 9.18 Å². The zero-order chi connectivity index (χ0) is 16.2. The maximum atomic E-state index is 13.4. The van der Waals surface area contributed by atoms with Gasteiger partial charge in [0.2, 0.25) is 5.91 Å². The van der Waals surface area contributed by atoms with Crippen molar-refractivity contribution in [1.29, 1.82) is 0 Å². The Morgan fingerprint density at radius 2 is 2.30 bits per heavy atom. The van der Waals surface area contributed by atoms with Gasteiger partial charge in [0.25, 0.3) is 0 Å². The molecule has 0 saturated carbocycles. The molecule has 2 aromatic rings. The number of aromatic nitrogens is 2. The Labute approximate surface area is 134 Å². The first-order chi connectivity index (χ1) is 11.1. The summed E-state index contributed by atoms with van der Waals surface area (Å²) in [6, 6.07) is 6.22. The van der Waals surface area contributed by atoms with Crippen molar-refractivity contribution in [3.63, 3.8) is 0 Å². The maximum absolute atomic E-state index is 13.4. The van der Waals surface area contributed by atoms with Crippen LogP contribution >= 0.6 is 0 Å². The fraction of sp³-hybridized carbons (Fsp3) is 0.412. The van der Waals surface area contributed by atoms with Gasteiger partial charge in [-0.25, -0.2) is 4.39 Å². The number of nitrogens with one attached hydrogen (secondary N) is 1. The standard InChI is InChI=1S/C17H20FN3O2/c1-12-10-19-20-17(12)13-6-8-21(11-13)16(22)7-9-23-15-5-3-2-4-14(15)18/h2-5,10,13H,6-9,11H2,1H3,(H,19,20)/t13-/m1/s1. The molecule has 1 aliphatic rings. The van der Waals surface area contributed by atoms with Gasteiger partial charge in [-0.15, -0.1) is 0 Å². The summed E-state index contributed by atoms with van der Waals surface area (Å²) < 4.78 is 18.8. The Morgan fingerprint density at radius 3 is 3.04 bits per heavy atom. The molecule has 1 atom stereocenters. The van der Waals surface area contributed by atoms with Crippen molar-refractivity contribution in [1.82, 2.24) is 15.1 Å². The Morgan fingerprint density at radius 1 is 1.48 bits per heavy atom. The minimum absolute atomic E-state index is 0.0426. The molecule has 3 rings (SSSR count). The third-order valence-corrected chi connectivity index (χ3v) is 4.23. The number of likely N-dealkylation sites (tertiary alicyclic amines) is 1. The second-order valence-electron chi connectivity index (χ2n) is 5.82. The first kappa shape index (κ1) is 15.5. The first-order valence-electron chi connectivity index (χ1n) is 7.80. The highest BCUT2D eigenvalue weighted by molar-refractivity contribution is 5.76. The van der Waals surface area contributed by atoms with E-state index in [4.69, 9.17) is 4.74 Å². The van der Waals surface area contributed by atoms with Crippen LogP contribution in [0, 0.1) is 12.7 Å². The SMILES string of the molecule is Cc1cn[nH]c1[C@@H]1CCN(C(=O)CCOc2ccccc2F)C1. The molecule has 23 heavy (non-hydrogen) atoms. The zero-order valence-electron chi connectivity index (χ0n) is 13.1.